The molecule has 4 heteroatoms. The monoisotopic (exact) mass is 353 g/mol. The summed E-state index contributed by atoms with van der Waals surface area (Å²) in [6.07, 6.45) is 16.5. The Hall–Kier alpha value is -1.68. The molecule has 4 nitrogen and oxygen atoms in total. The average molecular weight is 354 g/mol. The number of allylic oxidation sites excluding steroid dienone is 2. The van der Waals surface area contributed by atoms with Crippen LogP contribution in [0.4, 0.5) is 0 Å². The number of amides is 1. The van der Waals surface area contributed by atoms with Crippen molar-refractivity contribution in [2.75, 3.05) is 26.2 Å². The summed E-state index contributed by atoms with van der Waals surface area (Å²) in [5, 5.41) is 0. The summed E-state index contributed by atoms with van der Waals surface area (Å²) in [5.41, 5.74) is 1.54. The number of hydrogen-bond donors (Lipinski definition) is 0. The highest BCUT2D eigenvalue weighted by Gasteiger charge is 2.41. The maximum absolute atomic E-state index is 12.4. The molecule has 1 amide bonds. The first-order valence-corrected chi connectivity index (χ1v) is 10.3. The highest BCUT2D eigenvalue weighted by Crippen LogP contribution is 2.41. The fourth-order valence-corrected chi connectivity index (χ4v) is 4.96. The number of piperidine rings is 2. The van der Waals surface area contributed by atoms with Gasteiger partial charge in [0, 0.05) is 38.4 Å². The minimum absolute atomic E-state index is 0.323. The Morgan fingerprint density at radius 3 is 2.65 bits per heavy atom. The lowest BCUT2D eigenvalue weighted by Gasteiger charge is -2.48. The summed E-state index contributed by atoms with van der Waals surface area (Å²) in [5.74, 6) is 1.18. The molecule has 1 aromatic heterocycles. The maximum Gasteiger partial charge on any atom is 0.222 e. The third-order valence-electron chi connectivity index (χ3n) is 6.68. The van der Waals surface area contributed by atoms with Gasteiger partial charge in [-0.1, -0.05) is 12.2 Å². The normalized spacial score (nSPS) is 26.4. The van der Waals surface area contributed by atoms with Gasteiger partial charge in [0.1, 0.15) is 0 Å². The fourth-order valence-electron chi connectivity index (χ4n) is 4.96. The number of rotatable bonds is 4. The van der Waals surface area contributed by atoms with Gasteiger partial charge in [0.05, 0.1) is 0 Å². The van der Waals surface area contributed by atoms with Crippen molar-refractivity contribution in [3.05, 3.63) is 42.2 Å². The molecule has 1 spiro atoms. The Bertz CT molecular complexity index is 634. The first-order chi connectivity index (χ1) is 12.7. The standard InChI is InChI=1S/C22H31N3O/c26-21-6-9-22(18-25(21)17-20-7-12-23-13-8-20)10-14-24(15-11-22)16-19-4-2-1-3-5-19/h1-2,7-8,12-13,19H,3-6,9-11,14-18H2/t19-/m1/s1. The summed E-state index contributed by atoms with van der Waals surface area (Å²) in [7, 11) is 0. The number of hydrogen-bond acceptors (Lipinski definition) is 3. The highest BCUT2D eigenvalue weighted by atomic mass is 16.2. The van der Waals surface area contributed by atoms with E-state index in [4.69, 9.17) is 0 Å². The van der Waals surface area contributed by atoms with Crippen molar-refractivity contribution in [2.24, 2.45) is 11.3 Å². The molecule has 2 saturated heterocycles. The number of carbonyl (C=O) groups is 1. The lowest BCUT2D eigenvalue weighted by atomic mass is 9.72. The smallest absolute Gasteiger partial charge is 0.222 e. The van der Waals surface area contributed by atoms with Gasteiger partial charge in [0.2, 0.25) is 5.91 Å². The summed E-state index contributed by atoms with van der Waals surface area (Å²) in [4.78, 5) is 21.3. The van der Waals surface area contributed by atoms with Crippen LogP contribution in [0, 0.1) is 11.3 Å². The molecule has 140 valence electrons. The highest BCUT2D eigenvalue weighted by molar-refractivity contribution is 5.77. The van der Waals surface area contributed by atoms with Crippen LogP contribution in [0.25, 0.3) is 0 Å². The van der Waals surface area contributed by atoms with Gasteiger partial charge >= 0.3 is 0 Å². The molecule has 0 aromatic carbocycles. The zero-order valence-corrected chi connectivity index (χ0v) is 15.8. The summed E-state index contributed by atoms with van der Waals surface area (Å²) in [6.45, 7) is 5.35. The van der Waals surface area contributed by atoms with E-state index in [0.29, 0.717) is 11.3 Å². The Balaban J connectivity index is 1.32. The van der Waals surface area contributed by atoms with Gasteiger partial charge in [-0.25, -0.2) is 0 Å². The van der Waals surface area contributed by atoms with E-state index in [1.807, 2.05) is 24.5 Å². The molecule has 4 rings (SSSR count). The topological polar surface area (TPSA) is 36.4 Å². The van der Waals surface area contributed by atoms with E-state index in [2.05, 4.69) is 26.9 Å². The largest absolute Gasteiger partial charge is 0.338 e. The van der Waals surface area contributed by atoms with Gasteiger partial charge in [0.15, 0.2) is 0 Å². The second-order valence-electron chi connectivity index (χ2n) is 8.56. The molecule has 0 bridgehead atoms. The van der Waals surface area contributed by atoms with Crippen molar-refractivity contribution in [3.63, 3.8) is 0 Å². The maximum atomic E-state index is 12.4. The first-order valence-electron chi connectivity index (χ1n) is 10.3. The molecule has 3 aliphatic rings. The van der Waals surface area contributed by atoms with Gasteiger partial charge in [-0.2, -0.15) is 0 Å². The third kappa shape index (κ3) is 4.17. The molecule has 0 N–H and O–H groups in total. The van der Waals surface area contributed by atoms with E-state index in [0.717, 1.165) is 31.8 Å². The first kappa shape index (κ1) is 17.7. The van der Waals surface area contributed by atoms with Crippen molar-refractivity contribution < 1.29 is 4.79 Å². The van der Waals surface area contributed by atoms with Gasteiger partial charge in [-0.15, -0.1) is 0 Å². The zero-order valence-electron chi connectivity index (χ0n) is 15.8. The molecule has 26 heavy (non-hydrogen) atoms. The third-order valence-corrected chi connectivity index (χ3v) is 6.68. The Labute approximate surface area is 157 Å². The Kier molecular flexibility index (Phi) is 5.39. The van der Waals surface area contributed by atoms with Crippen molar-refractivity contribution in [2.45, 2.75) is 51.5 Å². The van der Waals surface area contributed by atoms with Crippen LogP contribution in [0.1, 0.15) is 50.5 Å². The molecule has 0 saturated carbocycles. The van der Waals surface area contributed by atoms with Crippen LogP contribution >= 0.6 is 0 Å². The van der Waals surface area contributed by atoms with Crippen LogP contribution in [0.3, 0.4) is 0 Å². The van der Waals surface area contributed by atoms with Gasteiger partial charge in [-0.3, -0.25) is 9.78 Å². The number of nitrogens with zero attached hydrogens (tertiary/aromatic N) is 3. The van der Waals surface area contributed by atoms with Crippen LogP contribution < -0.4 is 0 Å². The van der Waals surface area contributed by atoms with Crippen LogP contribution in [-0.4, -0.2) is 46.9 Å². The molecular weight excluding hydrogens is 322 g/mol. The SMILES string of the molecule is O=C1CCC2(CCN(C[C@@H]3CC=CCC3)CC2)CN1Cc1ccncc1. The van der Waals surface area contributed by atoms with Crippen molar-refractivity contribution in [3.8, 4) is 0 Å². The van der Waals surface area contributed by atoms with E-state index in [-0.39, 0.29) is 0 Å². The lowest BCUT2D eigenvalue weighted by molar-refractivity contribution is -0.140. The van der Waals surface area contributed by atoms with E-state index < -0.39 is 0 Å². The molecule has 2 fully saturated rings. The lowest BCUT2D eigenvalue weighted by Crippen LogP contribution is -2.51. The van der Waals surface area contributed by atoms with E-state index in [9.17, 15) is 4.79 Å². The molecule has 0 unspecified atom stereocenters. The zero-order chi connectivity index (χ0) is 17.8. The number of likely N-dealkylation sites (tertiary alicyclic amines) is 2. The predicted molar refractivity (Wildman–Crippen MR) is 103 cm³/mol. The molecule has 3 heterocycles. The quantitative estimate of drug-likeness (QED) is 0.776. The average Bonchev–Trinajstić information content (AvgIpc) is 2.69. The molecular formula is C22H31N3O. The second kappa shape index (κ2) is 7.91. The molecule has 1 aromatic rings. The molecule has 0 radical (unpaired) electrons. The van der Waals surface area contributed by atoms with Crippen LogP contribution in [-0.2, 0) is 11.3 Å². The molecule has 1 atom stereocenters. The van der Waals surface area contributed by atoms with Gasteiger partial charge in [-0.05, 0) is 80.6 Å². The molecule has 1 aliphatic carbocycles. The van der Waals surface area contributed by atoms with Crippen molar-refractivity contribution in [1.29, 1.82) is 0 Å². The Morgan fingerprint density at radius 1 is 1.12 bits per heavy atom. The predicted octanol–water partition coefficient (Wildman–Crippen LogP) is 3.64. The number of aromatic nitrogens is 1. The van der Waals surface area contributed by atoms with E-state index >= 15 is 0 Å². The van der Waals surface area contributed by atoms with Crippen LogP contribution in [0.2, 0.25) is 0 Å². The van der Waals surface area contributed by atoms with E-state index in [1.54, 1.807) is 0 Å². The summed E-state index contributed by atoms with van der Waals surface area (Å²) in [6, 6.07) is 4.05. The number of pyridine rings is 1. The van der Waals surface area contributed by atoms with Gasteiger partial charge < -0.3 is 9.80 Å². The molecule has 2 aliphatic heterocycles. The second-order valence-corrected chi connectivity index (χ2v) is 8.56. The summed E-state index contributed by atoms with van der Waals surface area (Å²) >= 11 is 0. The minimum atomic E-state index is 0.323. The Morgan fingerprint density at radius 2 is 1.92 bits per heavy atom. The van der Waals surface area contributed by atoms with E-state index in [1.165, 1.54) is 57.3 Å². The van der Waals surface area contributed by atoms with Crippen LogP contribution in [0.15, 0.2) is 36.7 Å². The van der Waals surface area contributed by atoms with Gasteiger partial charge in [0.25, 0.3) is 0 Å². The minimum Gasteiger partial charge on any atom is -0.338 e. The van der Waals surface area contributed by atoms with Crippen molar-refractivity contribution >= 4 is 5.91 Å². The fraction of sp³-hybridized carbons (Fsp3) is 0.636. The van der Waals surface area contributed by atoms with Crippen LogP contribution in [0.5, 0.6) is 0 Å². The van der Waals surface area contributed by atoms with Crippen molar-refractivity contribution in [1.82, 2.24) is 14.8 Å². The number of carbonyl (C=O) groups excluding carboxylic acids is 1. The summed E-state index contributed by atoms with van der Waals surface area (Å²) < 4.78 is 0.